The van der Waals surface area contributed by atoms with E-state index in [1.807, 2.05) is 71.0 Å². The molecule has 0 radical (unpaired) electrons. The van der Waals surface area contributed by atoms with Gasteiger partial charge in [-0.05, 0) is 75.9 Å². The highest BCUT2D eigenvalue weighted by molar-refractivity contribution is 7.92. The number of sulfonamides is 1. The minimum absolute atomic E-state index is 0.0897. The topological polar surface area (TPSA) is 75.7 Å². The molecule has 0 unspecified atom stereocenters. The van der Waals surface area contributed by atoms with Gasteiger partial charge in [0.05, 0.1) is 18.0 Å². The Morgan fingerprint density at radius 2 is 1.75 bits per heavy atom. The summed E-state index contributed by atoms with van der Waals surface area (Å²) in [6.45, 7) is 10.2. The first-order chi connectivity index (χ1) is 14.8. The number of nitrogens with one attached hydrogen (secondary N) is 1. The van der Waals surface area contributed by atoms with Gasteiger partial charge in [-0.2, -0.15) is 0 Å². The zero-order valence-electron chi connectivity index (χ0n) is 19.9. The number of carbonyl (C=O) groups is 1. The van der Waals surface area contributed by atoms with Crippen molar-refractivity contribution in [1.82, 2.24) is 5.32 Å². The van der Waals surface area contributed by atoms with Gasteiger partial charge in [0.15, 0.2) is 0 Å². The van der Waals surface area contributed by atoms with E-state index in [4.69, 9.17) is 4.74 Å². The second-order valence-corrected chi connectivity index (χ2v) is 11.4. The fourth-order valence-corrected chi connectivity index (χ4v) is 5.27. The predicted molar refractivity (Wildman–Crippen MR) is 129 cm³/mol. The third-order valence-corrected chi connectivity index (χ3v) is 6.82. The smallest absolute Gasteiger partial charge is 0.232 e. The van der Waals surface area contributed by atoms with Gasteiger partial charge in [0.2, 0.25) is 15.9 Å². The Hall–Kier alpha value is -2.54. The molecule has 0 aromatic heterocycles. The van der Waals surface area contributed by atoms with Crippen LogP contribution in [0.3, 0.4) is 0 Å². The minimum Gasteiger partial charge on any atom is -0.487 e. The molecule has 0 saturated carbocycles. The Bertz CT molecular complexity index is 1090. The molecule has 0 saturated heterocycles. The SMILES string of the molecule is Cc1cc(C)cc(N(CCCC(=O)N[C@H]2CC(C)(C)Oc3cc(C)ccc32)S(C)(=O)=O)c1. The largest absolute Gasteiger partial charge is 0.487 e. The lowest BCUT2D eigenvalue weighted by Gasteiger charge is -2.38. The standard InChI is InChI=1S/C25H34N2O4S/c1-17-9-10-21-22(16-25(4,5)31-23(21)15-17)26-24(28)8-7-11-27(32(6,29)30)20-13-18(2)12-19(3)14-20/h9-10,12-15,22H,7-8,11,16H2,1-6H3,(H,26,28)/t22-/m0/s1. The second kappa shape index (κ2) is 9.14. The highest BCUT2D eigenvalue weighted by Gasteiger charge is 2.34. The molecule has 1 amide bonds. The Kier molecular flexibility index (Phi) is 6.89. The number of benzene rings is 2. The van der Waals surface area contributed by atoms with E-state index in [-0.39, 0.29) is 30.5 Å². The monoisotopic (exact) mass is 458 g/mol. The van der Waals surface area contributed by atoms with Crippen LogP contribution in [0.5, 0.6) is 5.75 Å². The summed E-state index contributed by atoms with van der Waals surface area (Å²) in [4.78, 5) is 12.8. The average Bonchev–Trinajstić information content (AvgIpc) is 2.62. The summed E-state index contributed by atoms with van der Waals surface area (Å²) in [5, 5.41) is 3.13. The third-order valence-electron chi connectivity index (χ3n) is 5.62. The molecule has 32 heavy (non-hydrogen) atoms. The molecule has 0 spiro atoms. The van der Waals surface area contributed by atoms with E-state index in [0.717, 1.165) is 28.0 Å². The van der Waals surface area contributed by atoms with Gasteiger partial charge in [0, 0.05) is 24.9 Å². The number of fused-ring (bicyclic) bond motifs is 1. The van der Waals surface area contributed by atoms with Crippen LogP contribution in [0.1, 0.15) is 61.4 Å². The lowest BCUT2D eigenvalue weighted by molar-refractivity contribution is -0.122. The molecule has 0 bridgehead atoms. The number of hydrogen-bond donors (Lipinski definition) is 1. The number of ether oxygens (including phenoxy) is 1. The molecule has 2 aromatic rings. The fraction of sp³-hybridized carbons (Fsp3) is 0.480. The van der Waals surface area contributed by atoms with Crippen molar-refractivity contribution in [2.45, 2.75) is 65.5 Å². The highest BCUT2D eigenvalue weighted by Crippen LogP contribution is 2.40. The van der Waals surface area contributed by atoms with Crippen LogP contribution >= 0.6 is 0 Å². The molecule has 1 aliphatic heterocycles. The van der Waals surface area contributed by atoms with Gasteiger partial charge in [-0.25, -0.2) is 8.42 Å². The first-order valence-electron chi connectivity index (χ1n) is 11.0. The Morgan fingerprint density at radius 1 is 1.09 bits per heavy atom. The summed E-state index contributed by atoms with van der Waals surface area (Å²) in [5.41, 5.74) is 4.36. The fourth-order valence-electron chi connectivity index (χ4n) is 4.32. The summed E-state index contributed by atoms with van der Waals surface area (Å²) in [7, 11) is -3.45. The maximum Gasteiger partial charge on any atom is 0.232 e. The molecule has 7 heteroatoms. The van der Waals surface area contributed by atoms with Crippen LogP contribution in [0.2, 0.25) is 0 Å². The van der Waals surface area contributed by atoms with E-state index >= 15 is 0 Å². The number of amides is 1. The predicted octanol–water partition coefficient (Wildman–Crippen LogP) is 4.58. The van der Waals surface area contributed by atoms with Crippen LogP contribution in [0, 0.1) is 20.8 Å². The highest BCUT2D eigenvalue weighted by atomic mass is 32.2. The summed E-state index contributed by atoms with van der Waals surface area (Å²) in [5.74, 6) is 0.720. The Labute approximate surface area is 192 Å². The van der Waals surface area contributed by atoms with Gasteiger partial charge >= 0.3 is 0 Å². The molecule has 2 aromatic carbocycles. The van der Waals surface area contributed by atoms with Crippen molar-refractivity contribution in [3.63, 3.8) is 0 Å². The zero-order valence-corrected chi connectivity index (χ0v) is 20.7. The number of anilines is 1. The van der Waals surface area contributed by atoms with Crippen molar-refractivity contribution in [2.24, 2.45) is 0 Å². The van der Waals surface area contributed by atoms with E-state index in [0.29, 0.717) is 18.5 Å². The van der Waals surface area contributed by atoms with Crippen molar-refractivity contribution in [3.8, 4) is 5.75 Å². The third kappa shape index (κ3) is 6.03. The first-order valence-corrected chi connectivity index (χ1v) is 12.8. The molecule has 174 valence electrons. The van der Waals surface area contributed by atoms with Crippen molar-refractivity contribution < 1.29 is 17.9 Å². The molecular formula is C25H34N2O4S. The van der Waals surface area contributed by atoms with E-state index in [2.05, 4.69) is 5.32 Å². The Balaban J connectivity index is 1.66. The van der Waals surface area contributed by atoms with Crippen LogP contribution in [0.25, 0.3) is 0 Å². The molecule has 1 atom stereocenters. The van der Waals surface area contributed by atoms with Gasteiger partial charge in [0.25, 0.3) is 0 Å². The van der Waals surface area contributed by atoms with Crippen LogP contribution < -0.4 is 14.4 Å². The van der Waals surface area contributed by atoms with Gasteiger partial charge in [-0.15, -0.1) is 0 Å². The molecule has 1 heterocycles. The average molecular weight is 459 g/mol. The van der Waals surface area contributed by atoms with Crippen molar-refractivity contribution in [1.29, 1.82) is 0 Å². The molecule has 3 rings (SSSR count). The second-order valence-electron chi connectivity index (χ2n) is 9.51. The number of aryl methyl sites for hydroxylation is 3. The van der Waals surface area contributed by atoms with Gasteiger partial charge in [0.1, 0.15) is 11.4 Å². The molecule has 0 aliphatic carbocycles. The molecule has 0 fully saturated rings. The van der Waals surface area contributed by atoms with Crippen LogP contribution in [-0.4, -0.2) is 32.7 Å². The maximum atomic E-state index is 12.8. The van der Waals surface area contributed by atoms with Crippen molar-refractivity contribution in [2.75, 3.05) is 17.1 Å². The van der Waals surface area contributed by atoms with Crippen molar-refractivity contribution >= 4 is 21.6 Å². The normalized spacial score (nSPS) is 17.2. The lowest BCUT2D eigenvalue weighted by atomic mass is 9.89. The van der Waals surface area contributed by atoms with Crippen molar-refractivity contribution in [3.05, 3.63) is 58.7 Å². The van der Waals surface area contributed by atoms with Crippen LogP contribution in [0.15, 0.2) is 36.4 Å². The number of rotatable bonds is 7. The zero-order chi connectivity index (χ0) is 23.7. The number of nitrogens with zero attached hydrogens (tertiary/aromatic N) is 1. The maximum absolute atomic E-state index is 12.8. The summed E-state index contributed by atoms with van der Waals surface area (Å²) >= 11 is 0. The lowest BCUT2D eigenvalue weighted by Crippen LogP contribution is -2.41. The van der Waals surface area contributed by atoms with E-state index in [1.165, 1.54) is 10.6 Å². The minimum atomic E-state index is -3.45. The van der Waals surface area contributed by atoms with Gasteiger partial charge in [-0.3, -0.25) is 9.10 Å². The van der Waals surface area contributed by atoms with E-state index < -0.39 is 10.0 Å². The van der Waals surface area contributed by atoms with Crippen LogP contribution in [-0.2, 0) is 14.8 Å². The number of hydrogen-bond acceptors (Lipinski definition) is 4. The van der Waals surface area contributed by atoms with Gasteiger partial charge < -0.3 is 10.1 Å². The molecule has 1 N–H and O–H groups in total. The Morgan fingerprint density at radius 3 is 2.38 bits per heavy atom. The molecular weight excluding hydrogens is 424 g/mol. The number of carbonyl (C=O) groups excluding carboxylic acids is 1. The summed E-state index contributed by atoms with van der Waals surface area (Å²) in [6, 6.07) is 11.6. The summed E-state index contributed by atoms with van der Waals surface area (Å²) < 4.78 is 32.3. The van der Waals surface area contributed by atoms with Gasteiger partial charge in [-0.1, -0.05) is 18.2 Å². The molecule has 6 nitrogen and oxygen atoms in total. The van der Waals surface area contributed by atoms with Crippen LogP contribution in [0.4, 0.5) is 5.69 Å². The quantitative estimate of drug-likeness (QED) is 0.659. The molecule has 1 aliphatic rings. The van der Waals surface area contributed by atoms with E-state index in [1.54, 1.807) is 0 Å². The first kappa shape index (κ1) is 24.1. The summed E-state index contributed by atoms with van der Waals surface area (Å²) in [6.07, 6.45) is 2.55. The van der Waals surface area contributed by atoms with E-state index in [9.17, 15) is 13.2 Å².